The molecule has 4 heterocycles. The summed E-state index contributed by atoms with van der Waals surface area (Å²) in [4.78, 5) is 32.0. The molecule has 2 N–H and O–H groups in total. The number of aromatic nitrogens is 4. The van der Waals surface area contributed by atoms with Crippen molar-refractivity contribution in [3.05, 3.63) is 92.0 Å². The van der Waals surface area contributed by atoms with Crippen molar-refractivity contribution in [3.8, 4) is 22.6 Å². The number of halogens is 2. The van der Waals surface area contributed by atoms with Crippen LogP contribution in [-0.4, -0.2) is 56.6 Å². The summed E-state index contributed by atoms with van der Waals surface area (Å²) in [5.41, 5.74) is 9.05. The van der Waals surface area contributed by atoms with Crippen LogP contribution in [0.5, 0.6) is 11.5 Å². The van der Waals surface area contributed by atoms with Gasteiger partial charge >= 0.3 is 5.97 Å². The second-order valence-corrected chi connectivity index (χ2v) is 14.1. The number of hydrogen-bond acceptors (Lipinski definition) is 5. The highest BCUT2D eigenvalue weighted by molar-refractivity contribution is 6.35. The minimum absolute atomic E-state index is 0.0728. The monoisotopic (exact) mass is 727 g/mol. The van der Waals surface area contributed by atoms with Crippen LogP contribution in [0, 0.1) is 27.7 Å². The predicted octanol–water partition coefficient (Wildman–Crippen LogP) is 9.00. The van der Waals surface area contributed by atoms with E-state index in [1.807, 2.05) is 63.7 Å². The average Bonchev–Trinajstić information content (AvgIpc) is 3.75. The number of nitrogens with zero attached hydrogens (tertiary/aromatic N) is 4. The van der Waals surface area contributed by atoms with Crippen molar-refractivity contribution in [2.75, 3.05) is 25.2 Å². The van der Waals surface area contributed by atoms with Crippen molar-refractivity contribution in [1.29, 1.82) is 0 Å². The van der Waals surface area contributed by atoms with Gasteiger partial charge < -0.3 is 29.0 Å². The highest BCUT2D eigenvalue weighted by atomic mass is 35.5. The maximum atomic E-state index is 15.0. The van der Waals surface area contributed by atoms with E-state index in [0.717, 1.165) is 60.9 Å². The zero-order valence-corrected chi connectivity index (χ0v) is 31.1. The van der Waals surface area contributed by atoms with Gasteiger partial charge in [-0.3, -0.25) is 9.48 Å². The molecule has 0 radical (unpaired) electrons. The number of H-pyrrole nitrogens is 1. The van der Waals surface area contributed by atoms with E-state index in [0.29, 0.717) is 59.0 Å². The number of ether oxygens (including phenoxy) is 2. The molecule has 0 fully saturated rings. The summed E-state index contributed by atoms with van der Waals surface area (Å²) in [5, 5.41) is 17.3. The molecule has 1 amide bonds. The lowest BCUT2D eigenvalue weighted by Crippen LogP contribution is -2.42. The zero-order valence-electron chi connectivity index (χ0n) is 29.6. The minimum atomic E-state index is -1.09. The highest BCUT2D eigenvalue weighted by Crippen LogP contribution is 2.46. The van der Waals surface area contributed by atoms with E-state index >= 15 is 0 Å². The number of carboxylic acids is 1. The SMILES string of the molecule is COc1ccc(N2C[C@@H](C)n3c(c(CCCOc4cc(C)c(Cl)c(C)c4)c4ccc(Cl)c(-c5c(C)nn(C)c5C)c43)C2=O)c2[nH]cc(C(=O)O)c12. The number of aromatic amines is 1. The maximum absolute atomic E-state index is 15.0. The van der Waals surface area contributed by atoms with Crippen LogP contribution in [0.15, 0.2) is 42.6 Å². The normalized spacial score (nSPS) is 14.5. The first-order valence-electron chi connectivity index (χ1n) is 16.8. The van der Waals surface area contributed by atoms with Gasteiger partial charge in [0.2, 0.25) is 0 Å². The fourth-order valence-electron chi connectivity index (χ4n) is 7.70. The molecule has 10 nitrogen and oxygen atoms in total. The molecule has 0 spiro atoms. The lowest BCUT2D eigenvalue weighted by molar-refractivity contribution is 0.0698. The molecule has 264 valence electrons. The molecule has 51 heavy (non-hydrogen) atoms. The zero-order chi connectivity index (χ0) is 36.5. The van der Waals surface area contributed by atoms with E-state index in [2.05, 4.69) is 16.5 Å². The summed E-state index contributed by atoms with van der Waals surface area (Å²) in [7, 11) is 3.41. The van der Waals surface area contributed by atoms with Gasteiger partial charge in [-0.15, -0.1) is 0 Å². The fraction of sp³-hybridized carbons (Fsp3) is 0.308. The Labute approximate surface area is 305 Å². The van der Waals surface area contributed by atoms with Crippen molar-refractivity contribution in [1.82, 2.24) is 19.3 Å². The van der Waals surface area contributed by atoms with Gasteiger partial charge in [0.1, 0.15) is 17.2 Å². The van der Waals surface area contributed by atoms with E-state index in [1.165, 1.54) is 13.3 Å². The summed E-state index contributed by atoms with van der Waals surface area (Å²) in [6.45, 7) is 10.8. The van der Waals surface area contributed by atoms with E-state index in [4.69, 9.17) is 37.8 Å². The topological polar surface area (TPSA) is 115 Å². The summed E-state index contributed by atoms with van der Waals surface area (Å²) in [6.07, 6.45) is 2.64. The molecule has 0 unspecified atom stereocenters. The Hall–Kier alpha value is -4.93. The molecular formula is C39H39Cl2N5O5. The van der Waals surface area contributed by atoms with Gasteiger partial charge in [-0.25, -0.2) is 4.79 Å². The lowest BCUT2D eigenvalue weighted by atomic mass is 9.98. The van der Waals surface area contributed by atoms with Gasteiger partial charge in [-0.2, -0.15) is 5.10 Å². The van der Waals surface area contributed by atoms with Gasteiger partial charge in [0.25, 0.3) is 5.91 Å². The number of carbonyl (C=O) groups is 2. The van der Waals surface area contributed by atoms with E-state index in [9.17, 15) is 14.7 Å². The quantitative estimate of drug-likeness (QED) is 0.144. The maximum Gasteiger partial charge on any atom is 0.338 e. The molecule has 1 aliphatic heterocycles. The smallest absolute Gasteiger partial charge is 0.338 e. The third-order valence-electron chi connectivity index (χ3n) is 10.1. The van der Waals surface area contributed by atoms with Crippen LogP contribution < -0.4 is 14.4 Å². The van der Waals surface area contributed by atoms with Crippen LogP contribution >= 0.6 is 23.2 Å². The molecule has 3 aromatic carbocycles. The second-order valence-electron chi connectivity index (χ2n) is 13.3. The first-order chi connectivity index (χ1) is 24.3. The predicted molar refractivity (Wildman–Crippen MR) is 202 cm³/mol. The number of carbonyl (C=O) groups excluding carboxylic acids is 1. The van der Waals surface area contributed by atoms with E-state index in [1.54, 1.807) is 17.0 Å². The number of anilines is 1. The third kappa shape index (κ3) is 5.52. The lowest BCUT2D eigenvalue weighted by Gasteiger charge is -2.34. The van der Waals surface area contributed by atoms with Crippen LogP contribution in [0.25, 0.3) is 32.9 Å². The molecule has 7 rings (SSSR count). The standard InChI is InChI=1S/C39H39Cl2N5O5/c1-19-15-24(16-20(2)34(19)41)51-14-8-9-25-26-10-11-28(40)33(31-22(4)43-44(6)23(31)5)36(26)46-21(3)18-45(38(47)37(25)46)29-12-13-30(50-7)32-27(39(48)49)17-42-35(29)32/h10-13,15-17,21,42H,8-9,14,18H2,1-7H3,(H,48,49)/t21-/m1/s1. The Morgan fingerprint density at radius 2 is 1.80 bits per heavy atom. The molecule has 0 saturated carbocycles. The number of nitrogens with one attached hydrogen (secondary N) is 1. The van der Waals surface area contributed by atoms with Gasteiger partial charge in [-0.1, -0.05) is 29.3 Å². The Morgan fingerprint density at radius 3 is 2.45 bits per heavy atom. The van der Waals surface area contributed by atoms with Crippen molar-refractivity contribution in [2.24, 2.45) is 7.05 Å². The van der Waals surface area contributed by atoms with E-state index < -0.39 is 5.97 Å². The van der Waals surface area contributed by atoms with Crippen LogP contribution in [-0.2, 0) is 13.5 Å². The number of hydrogen-bond donors (Lipinski definition) is 2. The fourth-order valence-corrected chi connectivity index (χ4v) is 8.06. The molecule has 3 aromatic heterocycles. The summed E-state index contributed by atoms with van der Waals surface area (Å²) in [5.74, 6) is -0.120. The van der Waals surface area contributed by atoms with Crippen molar-refractivity contribution >= 4 is 62.6 Å². The number of fused-ring (bicyclic) bond motifs is 4. The molecule has 1 atom stereocenters. The van der Waals surface area contributed by atoms with Crippen molar-refractivity contribution < 1.29 is 24.2 Å². The molecule has 0 saturated heterocycles. The Bertz CT molecular complexity index is 2380. The number of rotatable bonds is 9. The van der Waals surface area contributed by atoms with Crippen LogP contribution in [0.4, 0.5) is 5.69 Å². The number of methoxy groups -OCH3 is 1. The Balaban J connectivity index is 1.38. The van der Waals surface area contributed by atoms with Gasteiger partial charge in [-0.05, 0) is 94.5 Å². The number of aryl methyl sites for hydroxylation is 5. The average molecular weight is 729 g/mol. The van der Waals surface area contributed by atoms with Crippen LogP contribution in [0.1, 0.15) is 68.3 Å². The van der Waals surface area contributed by atoms with Gasteiger partial charge in [0, 0.05) is 53.1 Å². The van der Waals surface area contributed by atoms with Crippen LogP contribution in [0.2, 0.25) is 10.0 Å². The number of amides is 1. The molecule has 1 aliphatic rings. The van der Waals surface area contributed by atoms with Crippen LogP contribution in [0.3, 0.4) is 0 Å². The number of carboxylic acid groups (broad SMARTS) is 1. The second kappa shape index (κ2) is 13.0. The first kappa shape index (κ1) is 34.5. The summed E-state index contributed by atoms with van der Waals surface area (Å²) >= 11 is 13.5. The highest BCUT2D eigenvalue weighted by Gasteiger charge is 2.38. The minimum Gasteiger partial charge on any atom is -0.496 e. The summed E-state index contributed by atoms with van der Waals surface area (Å²) in [6, 6.07) is 11.1. The Kier molecular flexibility index (Phi) is 8.80. The van der Waals surface area contributed by atoms with Crippen molar-refractivity contribution in [3.63, 3.8) is 0 Å². The first-order valence-corrected chi connectivity index (χ1v) is 17.6. The molecular weight excluding hydrogens is 689 g/mol. The van der Waals surface area contributed by atoms with Gasteiger partial charge in [0.15, 0.2) is 0 Å². The van der Waals surface area contributed by atoms with Crippen molar-refractivity contribution in [2.45, 2.75) is 53.5 Å². The largest absolute Gasteiger partial charge is 0.496 e. The Morgan fingerprint density at radius 1 is 1.08 bits per heavy atom. The van der Waals surface area contributed by atoms with Gasteiger partial charge in [0.05, 0.1) is 52.1 Å². The molecule has 0 bridgehead atoms. The third-order valence-corrected chi connectivity index (χ3v) is 11.0. The molecule has 0 aliphatic carbocycles. The van der Waals surface area contributed by atoms with E-state index in [-0.39, 0.29) is 17.5 Å². The number of aromatic carboxylic acids is 1. The molecule has 12 heteroatoms. The molecule has 6 aromatic rings. The summed E-state index contributed by atoms with van der Waals surface area (Å²) < 4.78 is 15.7. The number of benzene rings is 3.